The van der Waals surface area contributed by atoms with Crippen molar-refractivity contribution < 1.29 is 31.5 Å². The molecular formula is C30H34F5N7O3. The highest BCUT2D eigenvalue weighted by Crippen LogP contribution is 2.40. The average molecular weight is 636 g/mol. The Hall–Kier alpha value is -4.11. The predicted molar refractivity (Wildman–Crippen MR) is 159 cm³/mol. The largest absolute Gasteiger partial charge is 0.417 e. The number of rotatable bonds is 5. The number of amides is 1. The van der Waals surface area contributed by atoms with Gasteiger partial charge in [0.05, 0.1) is 34.6 Å². The van der Waals surface area contributed by atoms with Crippen molar-refractivity contribution in [2.45, 2.75) is 58.2 Å². The SMILES string of the molecule is C[C@@H]1CN(c2cc(F)c(-c3cnc(N4C[C@H](C)O[C@@H](C)C4)nc3)c(F)c2NC(=O)c2c[nH]c(=O)cc2C(F)(F)F)C[C@H](C)N1C. The minimum absolute atomic E-state index is 0.0368. The summed E-state index contributed by atoms with van der Waals surface area (Å²) in [5.41, 5.74) is -4.65. The molecule has 0 aliphatic carbocycles. The van der Waals surface area contributed by atoms with E-state index < -0.39 is 51.7 Å². The van der Waals surface area contributed by atoms with Crippen molar-refractivity contribution in [2.75, 3.05) is 48.3 Å². The van der Waals surface area contributed by atoms with Crippen LogP contribution in [0.1, 0.15) is 43.6 Å². The zero-order valence-electron chi connectivity index (χ0n) is 25.4. The molecule has 2 aliphatic heterocycles. The van der Waals surface area contributed by atoms with E-state index in [-0.39, 0.29) is 41.6 Å². The van der Waals surface area contributed by atoms with E-state index in [1.165, 1.54) is 12.4 Å². The van der Waals surface area contributed by atoms with Crippen molar-refractivity contribution in [2.24, 2.45) is 0 Å². The van der Waals surface area contributed by atoms with E-state index in [2.05, 4.69) is 25.2 Å². The molecule has 10 nitrogen and oxygen atoms in total. The lowest BCUT2D eigenvalue weighted by atomic mass is 10.0. The lowest BCUT2D eigenvalue weighted by Gasteiger charge is -2.44. The first kappa shape index (κ1) is 32.3. The van der Waals surface area contributed by atoms with E-state index in [1.54, 1.807) is 4.90 Å². The Morgan fingerprint density at radius 1 is 0.978 bits per heavy atom. The van der Waals surface area contributed by atoms with Crippen LogP contribution in [0, 0.1) is 11.6 Å². The Labute approximate surface area is 256 Å². The Bertz CT molecular complexity index is 1610. The number of ether oxygens (including phenoxy) is 1. The molecule has 0 saturated carbocycles. The van der Waals surface area contributed by atoms with Crippen LogP contribution in [0.3, 0.4) is 0 Å². The zero-order chi connectivity index (χ0) is 32.8. The van der Waals surface area contributed by atoms with Gasteiger partial charge in [0, 0.05) is 74.5 Å². The molecule has 1 amide bonds. The van der Waals surface area contributed by atoms with Crippen molar-refractivity contribution in [3.8, 4) is 11.1 Å². The Balaban J connectivity index is 1.58. The number of hydrogen-bond acceptors (Lipinski definition) is 8. The molecular weight excluding hydrogens is 601 g/mol. The number of aromatic nitrogens is 3. The number of alkyl halides is 3. The Morgan fingerprint density at radius 2 is 1.58 bits per heavy atom. The fourth-order valence-corrected chi connectivity index (χ4v) is 5.87. The number of pyridine rings is 1. The van der Waals surface area contributed by atoms with E-state index in [1.807, 2.05) is 39.6 Å². The summed E-state index contributed by atoms with van der Waals surface area (Å²) in [7, 11) is 1.91. The van der Waals surface area contributed by atoms with Crippen molar-refractivity contribution in [3.63, 3.8) is 0 Å². The summed E-state index contributed by atoms with van der Waals surface area (Å²) in [6.45, 7) is 9.34. The molecule has 2 fully saturated rings. The molecule has 4 atom stereocenters. The molecule has 4 heterocycles. The molecule has 0 bridgehead atoms. The number of nitrogens with one attached hydrogen (secondary N) is 2. The summed E-state index contributed by atoms with van der Waals surface area (Å²) in [4.78, 5) is 41.3. The maximum absolute atomic E-state index is 16.5. The van der Waals surface area contributed by atoms with Crippen LogP contribution in [0.25, 0.3) is 11.1 Å². The number of H-pyrrole nitrogens is 1. The highest BCUT2D eigenvalue weighted by Gasteiger charge is 2.37. The van der Waals surface area contributed by atoms with Gasteiger partial charge in [-0.25, -0.2) is 18.7 Å². The third-order valence-electron chi connectivity index (χ3n) is 8.24. The van der Waals surface area contributed by atoms with Crippen LogP contribution in [0.4, 0.5) is 39.3 Å². The average Bonchev–Trinajstić information content (AvgIpc) is 2.96. The van der Waals surface area contributed by atoms with Crippen molar-refractivity contribution in [1.29, 1.82) is 0 Å². The van der Waals surface area contributed by atoms with E-state index in [4.69, 9.17) is 4.74 Å². The number of halogens is 5. The van der Waals surface area contributed by atoms with Gasteiger partial charge in [-0.05, 0) is 34.7 Å². The second-order valence-electron chi connectivity index (χ2n) is 11.7. The van der Waals surface area contributed by atoms with Gasteiger partial charge in [0.15, 0.2) is 5.82 Å². The van der Waals surface area contributed by atoms with Crippen molar-refractivity contribution in [3.05, 3.63) is 63.8 Å². The van der Waals surface area contributed by atoms with E-state index in [9.17, 15) is 22.8 Å². The molecule has 0 radical (unpaired) electrons. The number of nitrogens with zero attached hydrogens (tertiary/aromatic N) is 5. The maximum atomic E-state index is 16.5. The van der Waals surface area contributed by atoms with Gasteiger partial charge in [-0.2, -0.15) is 13.2 Å². The minimum Gasteiger partial charge on any atom is -0.372 e. The first-order chi connectivity index (χ1) is 21.1. The first-order valence-electron chi connectivity index (χ1n) is 14.5. The van der Waals surface area contributed by atoms with E-state index in [0.717, 1.165) is 6.07 Å². The number of anilines is 3. The van der Waals surface area contributed by atoms with E-state index >= 15 is 8.78 Å². The highest BCUT2D eigenvalue weighted by atomic mass is 19.4. The number of benzene rings is 1. The normalized spacial score (nSPS) is 22.9. The molecule has 3 aromatic rings. The molecule has 0 unspecified atom stereocenters. The van der Waals surface area contributed by atoms with Gasteiger partial charge in [-0.3, -0.25) is 14.5 Å². The van der Waals surface area contributed by atoms with Gasteiger partial charge < -0.3 is 24.8 Å². The molecule has 1 aromatic carbocycles. The zero-order valence-corrected chi connectivity index (χ0v) is 25.4. The fourth-order valence-electron chi connectivity index (χ4n) is 5.87. The molecule has 2 aliphatic rings. The topological polar surface area (TPSA) is 107 Å². The number of aromatic amines is 1. The quantitative estimate of drug-likeness (QED) is 0.395. The monoisotopic (exact) mass is 635 g/mol. The van der Waals surface area contributed by atoms with Crippen LogP contribution < -0.4 is 20.7 Å². The van der Waals surface area contributed by atoms with Gasteiger partial charge in [-0.15, -0.1) is 0 Å². The summed E-state index contributed by atoms with van der Waals surface area (Å²) in [5, 5.41) is 2.25. The fraction of sp³-hybridized carbons (Fsp3) is 0.467. The number of piperazine rings is 1. The number of hydrogen-bond donors (Lipinski definition) is 2. The summed E-state index contributed by atoms with van der Waals surface area (Å²) < 4.78 is 79.3. The molecule has 2 N–H and O–H groups in total. The van der Waals surface area contributed by atoms with Gasteiger partial charge in [0.2, 0.25) is 11.5 Å². The number of carbonyl (C=O) groups excluding carboxylic acids is 1. The molecule has 15 heteroatoms. The molecule has 242 valence electrons. The second kappa shape index (κ2) is 12.4. The minimum atomic E-state index is -5.05. The summed E-state index contributed by atoms with van der Waals surface area (Å²) in [6, 6.07) is 1.20. The van der Waals surface area contributed by atoms with Gasteiger partial charge in [-0.1, -0.05) is 0 Å². The third kappa shape index (κ3) is 6.64. The molecule has 0 spiro atoms. The van der Waals surface area contributed by atoms with Gasteiger partial charge in [0.1, 0.15) is 11.5 Å². The molecule has 5 rings (SSSR count). The van der Waals surface area contributed by atoms with Gasteiger partial charge >= 0.3 is 6.18 Å². The summed E-state index contributed by atoms with van der Waals surface area (Å²) in [5.74, 6) is -3.18. The highest BCUT2D eigenvalue weighted by molar-refractivity contribution is 6.07. The number of morpholine rings is 1. The van der Waals surface area contributed by atoms with Crippen LogP contribution in [-0.2, 0) is 10.9 Å². The third-order valence-corrected chi connectivity index (χ3v) is 8.24. The lowest BCUT2D eigenvalue weighted by molar-refractivity contribution is -0.138. The van der Waals surface area contributed by atoms with Crippen molar-refractivity contribution >= 4 is 23.2 Å². The van der Waals surface area contributed by atoms with Crippen LogP contribution in [0.15, 0.2) is 35.5 Å². The number of carbonyl (C=O) groups is 1. The van der Waals surface area contributed by atoms with Crippen LogP contribution in [0.2, 0.25) is 0 Å². The van der Waals surface area contributed by atoms with Crippen molar-refractivity contribution in [1.82, 2.24) is 19.9 Å². The summed E-state index contributed by atoms with van der Waals surface area (Å²) in [6.07, 6.45) is -2.08. The van der Waals surface area contributed by atoms with Crippen LogP contribution in [-0.4, -0.2) is 83.3 Å². The Kier molecular flexibility index (Phi) is 8.86. The molecule has 2 saturated heterocycles. The second-order valence-corrected chi connectivity index (χ2v) is 11.7. The van der Waals surface area contributed by atoms with Crippen LogP contribution in [0.5, 0.6) is 0 Å². The first-order valence-corrected chi connectivity index (χ1v) is 14.5. The standard InChI is InChI=1S/C30H34F5N7O3/c1-15-11-41(12-16(2)40(15)5)23-7-22(31)25(19-8-37-29(38-9-19)42-13-17(3)45-18(4)14-42)26(32)27(23)39-28(44)20-10-36-24(43)6-21(20)30(33,34)35/h6-10,15-18H,11-14H2,1-5H3,(H,36,43)(H,39,44)/t15-,16+,17-,18-/m0/s1. The maximum Gasteiger partial charge on any atom is 0.417 e. The Morgan fingerprint density at radius 3 is 2.16 bits per heavy atom. The van der Waals surface area contributed by atoms with E-state index in [0.29, 0.717) is 38.3 Å². The smallest absolute Gasteiger partial charge is 0.372 e. The molecule has 45 heavy (non-hydrogen) atoms. The predicted octanol–water partition coefficient (Wildman–Crippen LogP) is 4.52. The van der Waals surface area contributed by atoms with Gasteiger partial charge in [0.25, 0.3) is 5.91 Å². The number of likely N-dealkylation sites (N-methyl/N-ethyl adjacent to an activating group) is 1. The van der Waals surface area contributed by atoms with Crippen LogP contribution >= 0.6 is 0 Å². The molecule has 2 aromatic heterocycles. The lowest BCUT2D eigenvalue weighted by Crippen LogP contribution is -2.55. The summed E-state index contributed by atoms with van der Waals surface area (Å²) >= 11 is 0.